The van der Waals surface area contributed by atoms with Crippen molar-refractivity contribution in [2.24, 2.45) is 0 Å². The molecule has 0 bridgehead atoms. The van der Waals surface area contributed by atoms with Crippen molar-refractivity contribution < 1.29 is 19.1 Å². The monoisotopic (exact) mass is 533 g/mol. The van der Waals surface area contributed by atoms with Crippen molar-refractivity contribution in [2.45, 2.75) is 38.7 Å². The van der Waals surface area contributed by atoms with Crippen molar-refractivity contribution in [1.82, 2.24) is 10.6 Å². The SMILES string of the molecule is CCCCOc1ccc(Br)cc1C(=O)NC(=S)Nc1cccc(C(=O)NCC2CCCO2)c1. The van der Waals surface area contributed by atoms with E-state index in [4.69, 9.17) is 21.7 Å². The van der Waals surface area contributed by atoms with Gasteiger partial charge in [-0.1, -0.05) is 35.3 Å². The molecule has 0 radical (unpaired) electrons. The van der Waals surface area contributed by atoms with Crippen LogP contribution in [-0.2, 0) is 4.74 Å². The summed E-state index contributed by atoms with van der Waals surface area (Å²) >= 11 is 8.71. The van der Waals surface area contributed by atoms with E-state index in [0.717, 1.165) is 36.8 Å². The Balaban J connectivity index is 1.58. The number of hydrogen-bond donors (Lipinski definition) is 3. The van der Waals surface area contributed by atoms with E-state index in [-0.39, 0.29) is 23.0 Å². The molecule has 2 aromatic carbocycles. The molecule has 176 valence electrons. The lowest BCUT2D eigenvalue weighted by Gasteiger charge is -2.14. The number of benzene rings is 2. The highest BCUT2D eigenvalue weighted by Gasteiger charge is 2.17. The third kappa shape index (κ3) is 7.80. The maximum Gasteiger partial charge on any atom is 0.261 e. The van der Waals surface area contributed by atoms with E-state index in [0.29, 0.717) is 35.7 Å². The summed E-state index contributed by atoms with van der Waals surface area (Å²) in [5.74, 6) is -0.0743. The molecule has 0 spiro atoms. The first-order valence-electron chi connectivity index (χ1n) is 11.0. The summed E-state index contributed by atoms with van der Waals surface area (Å²) in [6.07, 6.45) is 3.95. The highest BCUT2D eigenvalue weighted by atomic mass is 79.9. The van der Waals surface area contributed by atoms with Gasteiger partial charge in [-0.05, 0) is 67.9 Å². The molecule has 0 aromatic heterocycles. The molecule has 1 heterocycles. The van der Waals surface area contributed by atoms with Gasteiger partial charge in [-0.25, -0.2) is 0 Å². The van der Waals surface area contributed by atoms with Crippen molar-refractivity contribution in [2.75, 3.05) is 25.1 Å². The van der Waals surface area contributed by atoms with Crippen molar-refractivity contribution in [1.29, 1.82) is 0 Å². The molecule has 3 N–H and O–H groups in total. The van der Waals surface area contributed by atoms with Gasteiger partial charge in [-0.15, -0.1) is 0 Å². The minimum absolute atomic E-state index is 0.0758. The fraction of sp³-hybridized carbons (Fsp3) is 0.375. The van der Waals surface area contributed by atoms with E-state index in [1.807, 2.05) is 6.07 Å². The molecular formula is C24H28BrN3O4S. The van der Waals surface area contributed by atoms with Crippen LogP contribution in [0.3, 0.4) is 0 Å². The van der Waals surface area contributed by atoms with E-state index in [2.05, 4.69) is 38.8 Å². The summed E-state index contributed by atoms with van der Waals surface area (Å²) in [6, 6.07) is 12.2. The first-order chi connectivity index (χ1) is 16.0. The Labute approximate surface area is 207 Å². The summed E-state index contributed by atoms with van der Waals surface area (Å²) < 4.78 is 12.1. The molecule has 2 amide bonds. The van der Waals surface area contributed by atoms with Crippen molar-refractivity contribution in [3.8, 4) is 5.75 Å². The topological polar surface area (TPSA) is 88.7 Å². The Bertz CT molecular complexity index is 995. The molecule has 1 fully saturated rings. The van der Waals surface area contributed by atoms with Gasteiger partial charge in [0.25, 0.3) is 11.8 Å². The van der Waals surface area contributed by atoms with Gasteiger partial charge in [-0.2, -0.15) is 0 Å². The van der Waals surface area contributed by atoms with Gasteiger partial charge < -0.3 is 20.1 Å². The fourth-order valence-electron chi connectivity index (χ4n) is 3.32. The van der Waals surface area contributed by atoms with Gasteiger partial charge in [0, 0.05) is 28.9 Å². The lowest BCUT2D eigenvalue weighted by Crippen LogP contribution is -2.34. The van der Waals surface area contributed by atoms with Crippen LogP contribution in [0.2, 0.25) is 0 Å². The lowest BCUT2D eigenvalue weighted by molar-refractivity contribution is 0.0857. The summed E-state index contributed by atoms with van der Waals surface area (Å²) in [4.78, 5) is 25.3. The summed E-state index contributed by atoms with van der Waals surface area (Å²) in [6.45, 7) is 3.84. The van der Waals surface area contributed by atoms with Crippen LogP contribution in [0.4, 0.5) is 5.69 Å². The van der Waals surface area contributed by atoms with Crippen LogP contribution in [0.1, 0.15) is 53.3 Å². The van der Waals surface area contributed by atoms with E-state index in [9.17, 15) is 9.59 Å². The second kappa shape index (κ2) is 12.7. The van der Waals surface area contributed by atoms with Crippen LogP contribution in [0.5, 0.6) is 5.75 Å². The highest BCUT2D eigenvalue weighted by molar-refractivity contribution is 9.10. The van der Waals surface area contributed by atoms with E-state index < -0.39 is 0 Å². The summed E-state index contributed by atoms with van der Waals surface area (Å²) in [5, 5.41) is 8.66. The van der Waals surface area contributed by atoms with Gasteiger partial charge in [-0.3, -0.25) is 14.9 Å². The molecule has 1 unspecified atom stereocenters. The Kier molecular flexibility index (Phi) is 9.65. The van der Waals surface area contributed by atoms with Crippen LogP contribution in [0.25, 0.3) is 0 Å². The van der Waals surface area contributed by atoms with Crippen LogP contribution in [0.15, 0.2) is 46.9 Å². The summed E-state index contributed by atoms with van der Waals surface area (Å²) in [5.41, 5.74) is 1.47. The van der Waals surface area contributed by atoms with Gasteiger partial charge in [0.2, 0.25) is 0 Å². The Hall–Kier alpha value is -2.49. The zero-order valence-electron chi connectivity index (χ0n) is 18.5. The number of hydrogen-bond acceptors (Lipinski definition) is 5. The molecule has 1 aliphatic heterocycles. The van der Waals surface area contributed by atoms with Gasteiger partial charge in [0.05, 0.1) is 18.3 Å². The molecule has 2 aromatic rings. The van der Waals surface area contributed by atoms with Gasteiger partial charge >= 0.3 is 0 Å². The van der Waals surface area contributed by atoms with Gasteiger partial charge in [0.15, 0.2) is 5.11 Å². The molecular weight excluding hydrogens is 506 g/mol. The van der Waals surface area contributed by atoms with Crippen molar-refractivity contribution in [3.05, 3.63) is 58.1 Å². The number of thiocarbonyl (C=S) groups is 1. The molecule has 0 saturated carbocycles. The van der Waals surface area contributed by atoms with Crippen LogP contribution < -0.4 is 20.7 Å². The largest absolute Gasteiger partial charge is 0.493 e. The first kappa shape index (κ1) is 25.1. The van der Waals surface area contributed by atoms with E-state index in [1.165, 1.54) is 0 Å². The lowest BCUT2D eigenvalue weighted by atomic mass is 10.1. The first-order valence-corrected chi connectivity index (χ1v) is 12.2. The van der Waals surface area contributed by atoms with Crippen LogP contribution >= 0.6 is 28.1 Å². The quantitative estimate of drug-likeness (QED) is 0.320. The third-order valence-corrected chi connectivity index (χ3v) is 5.76. The maximum atomic E-state index is 12.8. The highest BCUT2D eigenvalue weighted by Crippen LogP contribution is 2.24. The molecule has 1 saturated heterocycles. The molecule has 7 nitrogen and oxygen atoms in total. The predicted octanol–water partition coefficient (Wildman–Crippen LogP) is 4.66. The second-order valence-electron chi connectivity index (χ2n) is 7.68. The maximum absolute atomic E-state index is 12.8. The fourth-order valence-corrected chi connectivity index (χ4v) is 3.89. The molecule has 9 heteroatoms. The number of carbonyl (C=O) groups is 2. The molecule has 1 aliphatic rings. The molecule has 1 atom stereocenters. The zero-order valence-corrected chi connectivity index (χ0v) is 20.9. The van der Waals surface area contributed by atoms with Gasteiger partial charge in [0.1, 0.15) is 5.75 Å². The van der Waals surface area contributed by atoms with Crippen LogP contribution in [0, 0.1) is 0 Å². The normalized spacial score (nSPS) is 15.0. The minimum Gasteiger partial charge on any atom is -0.493 e. The molecule has 33 heavy (non-hydrogen) atoms. The molecule has 0 aliphatic carbocycles. The third-order valence-electron chi connectivity index (χ3n) is 5.07. The standard InChI is InChI=1S/C24H28BrN3O4S/c1-2-3-11-32-21-10-9-17(25)14-20(21)23(30)28-24(33)27-18-7-4-6-16(13-18)22(29)26-15-19-8-5-12-31-19/h4,6-7,9-10,13-14,19H,2-3,5,8,11-12,15H2,1H3,(H,26,29)(H2,27,28,30,33). The Morgan fingerprint density at radius 2 is 2.06 bits per heavy atom. The van der Waals surface area contributed by atoms with E-state index in [1.54, 1.807) is 36.4 Å². The Morgan fingerprint density at radius 3 is 2.82 bits per heavy atom. The average molecular weight is 534 g/mol. The van der Waals surface area contributed by atoms with E-state index >= 15 is 0 Å². The Morgan fingerprint density at radius 1 is 1.21 bits per heavy atom. The predicted molar refractivity (Wildman–Crippen MR) is 136 cm³/mol. The smallest absolute Gasteiger partial charge is 0.261 e. The number of halogens is 1. The zero-order chi connectivity index (χ0) is 23.6. The number of amides is 2. The van der Waals surface area contributed by atoms with Crippen molar-refractivity contribution in [3.63, 3.8) is 0 Å². The summed E-state index contributed by atoms with van der Waals surface area (Å²) in [7, 11) is 0. The van der Waals surface area contributed by atoms with Crippen LogP contribution in [-0.4, -0.2) is 42.8 Å². The minimum atomic E-state index is -0.384. The van der Waals surface area contributed by atoms with Crippen molar-refractivity contribution >= 4 is 50.8 Å². The number of nitrogens with one attached hydrogen (secondary N) is 3. The molecule has 3 rings (SSSR count). The second-order valence-corrected chi connectivity index (χ2v) is 9.00. The number of carbonyl (C=O) groups excluding carboxylic acids is 2. The number of ether oxygens (including phenoxy) is 2. The number of anilines is 1. The number of unbranched alkanes of at least 4 members (excludes halogenated alkanes) is 1. The number of rotatable bonds is 9. The average Bonchev–Trinajstić information content (AvgIpc) is 3.32.